The minimum atomic E-state index is -0.176. The third kappa shape index (κ3) is 7.27. The van der Waals surface area contributed by atoms with Crippen molar-refractivity contribution in [3.8, 4) is 5.75 Å². The van der Waals surface area contributed by atoms with Crippen LogP contribution in [0.5, 0.6) is 5.75 Å². The van der Waals surface area contributed by atoms with Gasteiger partial charge in [0.25, 0.3) is 5.91 Å². The fourth-order valence-corrected chi connectivity index (χ4v) is 3.50. The van der Waals surface area contributed by atoms with Gasteiger partial charge in [0, 0.05) is 29.2 Å². The minimum absolute atomic E-state index is 0.176. The van der Waals surface area contributed by atoms with Gasteiger partial charge in [-0.2, -0.15) is 0 Å². The number of carbonyl (C=O) groups excluding carboxylic acids is 1. The zero-order valence-corrected chi connectivity index (χ0v) is 20.5. The molecule has 184 valence electrons. The van der Waals surface area contributed by atoms with E-state index in [2.05, 4.69) is 37.8 Å². The number of carbonyl (C=O) groups is 1. The Labute approximate surface area is 211 Å². The molecule has 0 atom stereocenters. The Morgan fingerprint density at radius 1 is 0.833 bits per heavy atom. The van der Waals surface area contributed by atoms with Crippen LogP contribution in [-0.2, 0) is 0 Å². The first-order valence-electron chi connectivity index (χ1n) is 12.0. The fraction of sp³-hybridized carbons (Fsp3) is 0.214. The molecule has 0 aliphatic carbocycles. The average molecular weight is 483 g/mol. The SMILES string of the molecule is CCCCCOc1ccc(C(=O)Nc2ccc(Nc3cc(Nc4ccccn4)nc(C)n3)cc2)cc1. The summed E-state index contributed by atoms with van der Waals surface area (Å²) in [6.45, 7) is 4.68. The second kappa shape index (κ2) is 12.3. The predicted octanol–water partition coefficient (Wildman–Crippen LogP) is 6.49. The first-order chi connectivity index (χ1) is 17.6. The van der Waals surface area contributed by atoms with E-state index in [1.54, 1.807) is 18.3 Å². The highest BCUT2D eigenvalue weighted by Gasteiger charge is 2.08. The fourth-order valence-electron chi connectivity index (χ4n) is 3.50. The molecule has 0 unspecified atom stereocenters. The topological polar surface area (TPSA) is 101 Å². The zero-order chi connectivity index (χ0) is 25.2. The summed E-state index contributed by atoms with van der Waals surface area (Å²) in [5, 5.41) is 9.38. The highest BCUT2D eigenvalue weighted by molar-refractivity contribution is 6.04. The maximum atomic E-state index is 12.6. The number of ether oxygens (including phenoxy) is 1. The van der Waals surface area contributed by atoms with Crippen LogP contribution in [0.1, 0.15) is 42.4 Å². The van der Waals surface area contributed by atoms with E-state index >= 15 is 0 Å². The minimum Gasteiger partial charge on any atom is -0.494 e. The summed E-state index contributed by atoms with van der Waals surface area (Å²) in [6.07, 6.45) is 5.06. The first kappa shape index (κ1) is 24.7. The van der Waals surface area contributed by atoms with E-state index in [0.29, 0.717) is 41.1 Å². The number of benzene rings is 2. The summed E-state index contributed by atoms with van der Waals surface area (Å²) in [4.78, 5) is 25.8. The van der Waals surface area contributed by atoms with Gasteiger partial charge in [0.2, 0.25) is 0 Å². The van der Waals surface area contributed by atoms with Gasteiger partial charge in [-0.05, 0) is 74.0 Å². The third-order valence-electron chi connectivity index (χ3n) is 5.31. The maximum Gasteiger partial charge on any atom is 0.255 e. The van der Waals surface area contributed by atoms with Gasteiger partial charge in [-0.1, -0.05) is 25.8 Å². The molecule has 8 nitrogen and oxygen atoms in total. The number of unbranched alkanes of at least 4 members (excludes halogenated alkanes) is 2. The molecule has 3 N–H and O–H groups in total. The van der Waals surface area contributed by atoms with Gasteiger partial charge in [-0.25, -0.2) is 15.0 Å². The van der Waals surface area contributed by atoms with E-state index in [1.165, 1.54) is 0 Å². The van der Waals surface area contributed by atoms with Crippen molar-refractivity contribution in [1.82, 2.24) is 15.0 Å². The Balaban J connectivity index is 1.33. The third-order valence-corrected chi connectivity index (χ3v) is 5.31. The van der Waals surface area contributed by atoms with Crippen LogP contribution in [0.4, 0.5) is 28.8 Å². The van der Waals surface area contributed by atoms with Crippen molar-refractivity contribution < 1.29 is 9.53 Å². The van der Waals surface area contributed by atoms with Gasteiger partial charge in [0.1, 0.15) is 29.0 Å². The number of rotatable bonds is 11. The molecule has 0 spiro atoms. The normalized spacial score (nSPS) is 10.5. The Morgan fingerprint density at radius 2 is 1.56 bits per heavy atom. The number of hydrogen-bond acceptors (Lipinski definition) is 7. The molecule has 1 amide bonds. The number of nitrogens with one attached hydrogen (secondary N) is 3. The highest BCUT2D eigenvalue weighted by atomic mass is 16.5. The molecule has 2 aromatic carbocycles. The Kier molecular flexibility index (Phi) is 8.43. The van der Waals surface area contributed by atoms with E-state index < -0.39 is 0 Å². The van der Waals surface area contributed by atoms with Crippen LogP contribution in [-0.4, -0.2) is 27.5 Å². The molecule has 0 saturated carbocycles. The van der Waals surface area contributed by atoms with Crippen LogP contribution in [0.2, 0.25) is 0 Å². The number of aryl methyl sites for hydroxylation is 1. The van der Waals surface area contributed by atoms with E-state index in [-0.39, 0.29) is 5.91 Å². The molecule has 0 aliphatic heterocycles. The average Bonchev–Trinajstić information content (AvgIpc) is 2.88. The van der Waals surface area contributed by atoms with E-state index in [4.69, 9.17) is 4.74 Å². The number of pyridine rings is 1. The molecule has 0 fully saturated rings. The van der Waals surface area contributed by atoms with Crippen LogP contribution >= 0.6 is 0 Å². The van der Waals surface area contributed by atoms with Gasteiger partial charge in [-0.3, -0.25) is 4.79 Å². The van der Waals surface area contributed by atoms with Crippen LogP contribution in [0.25, 0.3) is 0 Å². The molecular weight excluding hydrogens is 452 g/mol. The lowest BCUT2D eigenvalue weighted by Crippen LogP contribution is -2.11. The van der Waals surface area contributed by atoms with Crippen LogP contribution in [0, 0.1) is 6.92 Å². The number of anilines is 5. The lowest BCUT2D eigenvalue weighted by molar-refractivity contribution is 0.102. The standard InChI is InChI=1S/C28H30N6O2/c1-3-4-7-18-36-24-15-9-21(10-16-24)28(35)33-23-13-11-22(12-14-23)32-26-19-27(31-20(2)30-26)34-25-8-5-6-17-29-25/h5-6,8-17,19H,3-4,7,18H2,1-2H3,(H,33,35)(H2,29,30,31,32,34). The molecule has 0 aliphatic rings. The lowest BCUT2D eigenvalue weighted by Gasteiger charge is -2.11. The molecule has 0 radical (unpaired) electrons. The second-order valence-electron chi connectivity index (χ2n) is 8.26. The summed E-state index contributed by atoms with van der Waals surface area (Å²) < 4.78 is 5.71. The summed E-state index contributed by atoms with van der Waals surface area (Å²) >= 11 is 0. The summed E-state index contributed by atoms with van der Waals surface area (Å²) in [7, 11) is 0. The molecule has 2 aromatic heterocycles. The van der Waals surface area contributed by atoms with Crippen molar-refractivity contribution >= 4 is 34.7 Å². The lowest BCUT2D eigenvalue weighted by atomic mass is 10.2. The smallest absolute Gasteiger partial charge is 0.255 e. The van der Waals surface area contributed by atoms with Gasteiger partial charge in [-0.15, -0.1) is 0 Å². The maximum absolute atomic E-state index is 12.6. The largest absolute Gasteiger partial charge is 0.494 e. The van der Waals surface area contributed by atoms with Crippen molar-refractivity contribution in [2.24, 2.45) is 0 Å². The van der Waals surface area contributed by atoms with Gasteiger partial charge in [0.05, 0.1) is 6.61 Å². The van der Waals surface area contributed by atoms with Crippen molar-refractivity contribution in [3.63, 3.8) is 0 Å². The predicted molar refractivity (Wildman–Crippen MR) is 143 cm³/mol. The van der Waals surface area contributed by atoms with Crippen LogP contribution in [0.15, 0.2) is 79.0 Å². The summed E-state index contributed by atoms with van der Waals surface area (Å²) in [5.74, 6) is 3.22. The Morgan fingerprint density at radius 3 is 2.25 bits per heavy atom. The van der Waals surface area contributed by atoms with Crippen LogP contribution in [0.3, 0.4) is 0 Å². The van der Waals surface area contributed by atoms with E-state index in [1.807, 2.05) is 67.6 Å². The van der Waals surface area contributed by atoms with Crippen LogP contribution < -0.4 is 20.7 Å². The molecule has 0 saturated heterocycles. The first-order valence-corrected chi connectivity index (χ1v) is 12.0. The zero-order valence-electron chi connectivity index (χ0n) is 20.5. The quantitative estimate of drug-likeness (QED) is 0.210. The molecular formula is C28H30N6O2. The van der Waals surface area contributed by atoms with Crippen molar-refractivity contribution in [2.75, 3.05) is 22.6 Å². The van der Waals surface area contributed by atoms with Crippen molar-refractivity contribution in [3.05, 3.63) is 90.4 Å². The Hall–Kier alpha value is -4.46. The molecule has 8 heteroatoms. The summed E-state index contributed by atoms with van der Waals surface area (Å²) in [5.41, 5.74) is 2.10. The molecule has 2 heterocycles. The number of nitrogens with zero attached hydrogens (tertiary/aromatic N) is 3. The monoisotopic (exact) mass is 482 g/mol. The number of aromatic nitrogens is 3. The van der Waals surface area contributed by atoms with Gasteiger partial charge < -0.3 is 20.7 Å². The van der Waals surface area contributed by atoms with Crippen molar-refractivity contribution in [2.45, 2.75) is 33.1 Å². The van der Waals surface area contributed by atoms with Gasteiger partial charge >= 0.3 is 0 Å². The van der Waals surface area contributed by atoms with Gasteiger partial charge in [0.15, 0.2) is 0 Å². The number of amides is 1. The second-order valence-corrected chi connectivity index (χ2v) is 8.26. The van der Waals surface area contributed by atoms with E-state index in [9.17, 15) is 4.79 Å². The van der Waals surface area contributed by atoms with E-state index in [0.717, 1.165) is 30.7 Å². The highest BCUT2D eigenvalue weighted by Crippen LogP contribution is 2.22. The molecule has 4 rings (SSSR count). The molecule has 0 bridgehead atoms. The molecule has 4 aromatic rings. The number of hydrogen-bond donors (Lipinski definition) is 3. The Bertz CT molecular complexity index is 1260. The summed E-state index contributed by atoms with van der Waals surface area (Å²) in [6, 6.07) is 22.1. The molecule has 36 heavy (non-hydrogen) atoms. The van der Waals surface area contributed by atoms with Crippen molar-refractivity contribution in [1.29, 1.82) is 0 Å².